The number of hydrogen-bond acceptors (Lipinski definition) is 7. The number of aromatic nitrogens is 2. The molecule has 4 heterocycles. The fourth-order valence-corrected chi connectivity index (χ4v) is 5.22. The van der Waals surface area contributed by atoms with Crippen molar-refractivity contribution in [1.29, 1.82) is 0 Å². The van der Waals surface area contributed by atoms with E-state index in [-0.39, 0.29) is 11.8 Å². The smallest absolute Gasteiger partial charge is 0.259 e. The van der Waals surface area contributed by atoms with E-state index in [4.69, 9.17) is 9.15 Å². The number of furan rings is 1. The van der Waals surface area contributed by atoms with Gasteiger partial charge in [0.25, 0.3) is 5.91 Å². The summed E-state index contributed by atoms with van der Waals surface area (Å²) in [6, 6.07) is 3.73. The van der Waals surface area contributed by atoms with Crippen LogP contribution in [-0.2, 0) is 17.6 Å². The minimum Gasteiger partial charge on any atom is -0.472 e. The Balaban J connectivity index is 1.42. The largest absolute Gasteiger partial charge is 0.472 e. The zero-order valence-electron chi connectivity index (χ0n) is 16.5. The van der Waals surface area contributed by atoms with E-state index in [1.54, 1.807) is 18.7 Å². The van der Waals surface area contributed by atoms with Gasteiger partial charge in [0.1, 0.15) is 0 Å². The molecule has 1 saturated heterocycles. The van der Waals surface area contributed by atoms with Crippen LogP contribution in [-0.4, -0.2) is 34.2 Å². The summed E-state index contributed by atoms with van der Waals surface area (Å²) in [6.45, 7) is 1.30. The Bertz CT molecular complexity index is 1040. The van der Waals surface area contributed by atoms with E-state index in [1.165, 1.54) is 11.3 Å². The molecule has 7 nitrogen and oxygen atoms in total. The van der Waals surface area contributed by atoms with Crippen molar-refractivity contribution < 1.29 is 19.1 Å². The van der Waals surface area contributed by atoms with Crippen molar-refractivity contribution in [3.05, 3.63) is 52.6 Å². The molecule has 0 aromatic carbocycles. The highest BCUT2D eigenvalue weighted by molar-refractivity contribution is 7.16. The first-order chi connectivity index (χ1) is 14.7. The number of carbonyl (C=O) groups is 1. The molecule has 8 heteroatoms. The molecule has 3 aromatic rings. The van der Waals surface area contributed by atoms with E-state index in [2.05, 4.69) is 15.3 Å². The van der Waals surface area contributed by atoms with Crippen LogP contribution in [0.15, 0.2) is 35.3 Å². The fourth-order valence-electron chi connectivity index (χ4n) is 4.16. The van der Waals surface area contributed by atoms with E-state index in [9.17, 15) is 9.90 Å². The second-order valence-electron chi connectivity index (χ2n) is 7.78. The maximum atomic E-state index is 12.8. The molecule has 0 bridgehead atoms. The van der Waals surface area contributed by atoms with Crippen LogP contribution in [0.1, 0.15) is 51.9 Å². The van der Waals surface area contributed by atoms with Crippen LogP contribution < -0.4 is 5.32 Å². The normalized spacial score (nSPS) is 17.6. The first kappa shape index (κ1) is 19.4. The van der Waals surface area contributed by atoms with Crippen molar-refractivity contribution in [3.8, 4) is 11.3 Å². The average Bonchev–Trinajstić information content (AvgIpc) is 3.53. The van der Waals surface area contributed by atoms with Crippen LogP contribution in [0.25, 0.3) is 11.3 Å². The molecule has 1 atom stereocenters. The Labute approximate surface area is 178 Å². The maximum Gasteiger partial charge on any atom is 0.259 e. The summed E-state index contributed by atoms with van der Waals surface area (Å²) in [5, 5.41) is 14.4. The lowest BCUT2D eigenvalue weighted by molar-refractivity contribution is 0.00866. The van der Waals surface area contributed by atoms with Gasteiger partial charge in [-0.3, -0.25) is 15.1 Å². The van der Waals surface area contributed by atoms with Gasteiger partial charge in [-0.1, -0.05) is 11.3 Å². The first-order valence-electron chi connectivity index (χ1n) is 10.3. The molecule has 1 amide bonds. The van der Waals surface area contributed by atoms with E-state index in [0.717, 1.165) is 53.8 Å². The van der Waals surface area contributed by atoms with Gasteiger partial charge in [-0.25, -0.2) is 4.98 Å². The minimum atomic E-state index is -0.663. The maximum absolute atomic E-state index is 12.8. The van der Waals surface area contributed by atoms with E-state index in [1.807, 2.05) is 12.1 Å². The van der Waals surface area contributed by atoms with Gasteiger partial charge in [0.15, 0.2) is 5.13 Å². The van der Waals surface area contributed by atoms with Crippen molar-refractivity contribution in [2.45, 2.75) is 38.2 Å². The lowest BCUT2D eigenvalue weighted by atomic mass is 9.92. The molecule has 1 unspecified atom stereocenters. The third-order valence-corrected chi connectivity index (χ3v) is 6.87. The van der Waals surface area contributed by atoms with Crippen molar-refractivity contribution in [3.63, 3.8) is 0 Å². The number of anilines is 1. The molecular formula is C22H23N3O4S. The van der Waals surface area contributed by atoms with Crippen LogP contribution in [0.3, 0.4) is 0 Å². The molecule has 0 saturated carbocycles. The van der Waals surface area contributed by atoms with Gasteiger partial charge in [0.2, 0.25) is 0 Å². The highest BCUT2D eigenvalue weighted by Gasteiger charge is 2.29. The number of thiazole rings is 1. The summed E-state index contributed by atoms with van der Waals surface area (Å²) in [5.41, 5.74) is 4.20. The minimum absolute atomic E-state index is 0.106. The SMILES string of the molecule is O=C(Nc1nc(-c2ccoc2)c(C(O)C2CCOCC2)s1)c1cnc2c(c1)CCC2. The predicted molar refractivity (Wildman–Crippen MR) is 113 cm³/mol. The zero-order valence-corrected chi connectivity index (χ0v) is 17.3. The molecule has 30 heavy (non-hydrogen) atoms. The molecule has 2 N–H and O–H groups in total. The monoisotopic (exact) mass is 425 g/mol. The van der Waals surface area contributed by atoms with Gasteiger partial charge in [-0.2, -0.15) is 0 Å². The van der Waals surface area contributed by atoms with Crippen LogP contribution in [0.2, 0.25) is 0 Å². The summed E-state index contributed by atoms with van der Waals surface area (Å²) < 4.78 is 10.6. The van der Waals surface area contributed by atoms with Crippen LogP contribution in [0.5, 0.6) is 0 Å². The van der Waals surface area contributed by atoms with Gasteiger partial charge < -0.3 is 14.3 Å². The van der Waals surface area contributed by atoms with Gasteiger partial charge in [0, 0.05) is 30.7 Å². The van der Waals surface area contributed by atoms with E-state index < -0.39 is 6.10 Å². The Kier molecular flexibility index (Phi) is 5.37. The van der Waals surface area contributed by atoms with Gasteiger partial charge in [-0.05, 0) is 55.7 Å². The molecule has 1 aliphatic carbocycles. The number of nitrogens with zero attached hydrogens (tertiary/aromatic N) is 2. The summed E-state index contributed by atoms with van der Waals surface area (Å²) in [5.74, 6) is -0.133. The summed E-state index contributed by atoms with van der Waals surface area (Å²) >= 11 is 1.31. The summed E-state index contributed by atoms with van der Waals surface area (Å²) in [6.07, 6.45) is 8.77. The van der Waals surface area contributed by atoms with Crippen LogP contribution in [0, 0.1) is 5.92 Å². The molecule has 1 aliphatic heterocycles. The van der Waals surface area contributed by atoms with Crippen LogP contribution >= 0.6 is 11.3 Å². The molecule has 3 aromatic heterocycles. The van der Waals surface area contributed by atoms with Crippen molar-refractivity contribution in [1.82, 2.24) is 9.97 Å². The van der Waals surface area contributed by atoms with Crippen molar-refractivity contribution in [2.24, 2.45) is 5.92 Å². The van der Waals surface area contributed by atoms with E-state index >= 15 is 0 Å². The average molecular weight is 426 g/mol. The third kappa shape index (κ3) is 3.78. The zero-order chi connectivity index (χ0) is 20.5. The quantitative estimate of drug-likeness (QED) is 0.641. The second kappa shape index (κ2) is 8.29. The number of aryl methyl sites for hydroxylation is 2. The Morgan fingerprint density at radius 1 is 1.30 bits per heavy atom. The van der Waals surface area contributed by atoms with Crippen molar-refractivity contribution >= 4 is 22.4 Å². The Morgan fingerprint density at radius 2 is 2.17 bits per heavy atom. The van der Waals surface area contributed by atoms with Gasteiger partial charge in [-0.15, -0.1) is 0 Å². The first-order valence-corrected chi connectivity index (χ1v) is 11.1. The summed E-state index contributed by atoms with van der Waals surface area (Å²) in [7, 11) is 0. The summed E-state index contributed by atoms with van der Waals surface area (Å²) in [4.78, 5) is 22.6. The topological polar surface area (TPSA) is 97.5 Å². The molecule has 156 valence electrons. The Morgan fingerprint density at radius 3 is 2.97 bits per heavy atom. The molecule has 2 aliphatic rings. The van der Waals surface area contributed by atoms with E-state index in [0.29, 0.717) is 29.6 Å². The number of nitrogens with one attached hydrogen (secondary N) is 1. The highest BCUT2D eigenvalue weighted by atomic mass is 32.1. The molecular weight excluding hydrogens is 402 g/mol. The number of carbonyl (C=O) groups excluding carboxylic acids is 1. The highest BCUT2D eigenvalue weighted by Crippen LogP contribution is 2.41. The molecule has 1 fully saturated rings. The molecule has 5 rings (SSSR count). The molecule has 0 radical (unpaired) electrons. The van der Waals surface area contributed by atoms with Crippen molar-refractivity contribution in [2.75, 3.05) is 18.5 Å². The number of rotatable bonds is 5. The molecule has 0 spiro atoms. The Hall–Kier alpha value is -2.55. The lowest BCUT2D eigenvalue weighted by Crippen LogP contribution is -2.21. The fraction of sp³-hybridized carbons (Fsp3) is 0.409. The lowest BCUT2D eigenvalue weighted by Gasteiger charge is -2.26. The van der Waals surface area contributed by atoms with Crippen LogP contribution in [0.4, 0.5) is 5.13 Å². The number of pyridine rings is 1. The standard InChI is InChI=1S/C22H23N3O4S/c26-19(13-4-7-28-8-5-13)20-18(15-6-9-29-12-15)24-22(30-20)25-21(27)16-10-14-2-1-3-17(14)23-11-16/h6,9-13,19,26H,1-5,7-8H2,(H,24,25,27). The van der Waals surface area contributed by atoms with Gasteiger partial charge in [0.05, 0.1) is 34.8 Å². The predicted octanol–water partition coefficient (Wildman–Crippen LogP) is 4.00. The second-order valence-corrected chi connectivity index (χ2v) is 8.81. The third-order valence-electron chi connectivity index (χ3n) is 5.83. The number of fused-ring (bicyclic) bond motifs is 1. The number of ether oxygens (including phenoxy) is 1. The number of aliphatic hydroxyl groups is 1. The number of aliphatic hydroxyl groups excluding tert-OH is 1. The van der Waals surface area contributed by atoms with Gasteiger partial charge >= 0.3 is 0 Å². The number of hydrogen-bond donors (Lipinski definition) is 2. The number of amides is 1.